The number of aliphatic hydroxyl groups excluding tert-OH is 3. The Balaban J connectivity index is 2.37. The van der Waals surface area contributed by atoms with E-state index in [1.165, 1.54) is 96.3 Å². The third-order valence-corrected chi connectivity index (χ3v) is 12.5. The fourth-order valence-corrected chi connectivity index (χ4v) is 8.41. The quantitative estimate of drug-likeness (QED) is 0.0197. The van der Waals surface area contributed by atoms with Crippen LogP contribution in [0.2, 0.25) is 0 Å². The van der Waals surface area contributed by atoms with Crippen molar-refractivity contribution in [2.24, 2.45) is 0 Å². The van der Waals surface area contributed by atoms with Gasteiger partial charge in [0.1, 0.15) is 30.5 Å². The molecule has 0 spiro atoms. The summed E-state index contributed by atoms with van der Waals surface area (Å²) in [7, 11) is -5.08. The highest BCUT2D eigenvalue weighted by Gasteiger charge is 2.48. The van der Waals surface area contributed by atoms with E-state index in [-0.39, 0.29) is 19.6 Å². The van der Waals surface area contributed by atoms with Crippen LogP contribution in [0.1, 0.15) is 206 Å². The SMILES string of the molecule is CC/C=C\C/C=C\C/C=C\C/C=C\C/C=C\C/C=C\CCCCCOCC(COC1OC(CO)C(O)C(OS(=O)(=O)O)C1O)OC(=O)CCCCCCCCCCC/C=C\CCCCCCCCCC. The monoisotopic (exact) mass is 1010 g/mol. The van der Waals surface area contributed by atoms with Gasteiger partial charge in [0.05, 0.1) is 19.8 Å². The minimum Gasteiger partial charge on any atom is -0.457 e. The number of ether oxygens (including phenoxy) is 4. The molecule has 0 amide bonds. The van der Waals surface area contributed by atoms with Crippen molar-refractivity contribution in [1.29, 1.82) is 0 Å². The van der Waals surface area contributed by atoms with Crippen molar-refractivity contribution in [2.45, 2.75) is 243 Å². The molecule has 1 fully saturated rings. The summed E-state index contributed by atoms with van der Waals surface area (Å²) in [5.41, 5.74) is 0. The summed E-state index contributed by atoms with van der Waals surface area (Å²) in [5, 5.41) is 30.8. The highest BCUT2D eigenvalue weighted by Crippen LogP contribution is 2.26. The highest BCUT2D eigenvalue weighted by molar-refractivity contribution is 7.80. The maximum absolute atomic E-state index is 12.9. The maximum Gasteiger partial charge on any atom is 0.397 e. The second kappa shape index (κ2) is 47.3. The number of hydrogen-bond donors (Lipinski definition) is 4. The van der Waals surface area contributed by atoms with Crippen molar-refractivity contribution in [3.8, 4) is 0 Å². The van der Waals surface area contributed by atoms with Crippen molar-refractivity contribution >= 4 is 16.4 Å². The molecule has 1 heterocycles. The third kappa shape index (κ3) is 39.8. The lowest BCUT2D eigenvalue weighted by atomic mass is 9.99. The fraction of sp³-hybridized carbons (Fsp3) is 0.737. The molecule has 0 aromatic heterocycles. The van der Waals surface area contributed by atoms with Crippen LogP contribution in [0.25, 0.3) is 0 Å². The molecule has 12 nitrogen and oxygen atoms in total. The Morgan fingerprint density at radius 2 is 0.986 bits per heavy atom. The molecule has 6 atom stereocenters. The van der Waals surface area contributed by atoms with Gasteiger partial charge >= 0.3 is 16.4 Å². The van der Waals surface area contributed by atoms with E-state index in [2.05, 4.69) is 103 Å². The van der Waals surface area contributed by atoms with Crippen LogP contribution >= 0.6 is 0 Å². The highest BCUT2D eigenvalue weighted by atomic mass is 32.3. The first kappa shape index (κ1) is 65.3. The normalized spacial score (nSPS) is 19.8. The zero-order chi connectivity index (χ0) is 51.0. The molecule has 1 aliphatic rings. The Labute approximate surface area is 425 Å². The van der Waals surface area contributed by atoms with E-state index in [4.69, 9.17) is 18.9 Å². The number of allylic oxidation sites excluding steroid dienone is 14. The van der Waals surface area contributed by atoms with Crippen molar-refractivity contribution in [3.63, 3.8) is 0 Å². The third-order valence-electron chi connectivity index (χ3n) is 12.0. The molecule has 1 saturated heterocycles. The first-order chi connectivity index (χ1) is 34.1. The van der Waals surface area contributed by atoms with Gasteiger partial charge in [-0.25, -0.2) is 4.18 Å². The molecule has 0 aliphatic carbocycles. The van der Waals surface area contributed by atoms with Crippen LogP contribution < -0.4 is 0 Å². The summed E-state index contributed by atoms with van der Waals surface area (Å²) in [6, 6.07) is 0. The van der Waals surface area contributed by atoms with Crippen LogP contribution in [-0.4, -0.2) is 97.5 Å². The Hall–Kier alpha value is -2.72. The standard InChI is InChI=1S/C57H98O12S/c1-3-5-7-9-11-13-15-17-19-21-23-25-27-29-31-33-35-37-39-41-43-45-47-65-49-51(50-66-57-55(61)56(69-70(62,63)64)54(60)52(48-58)68-57)67-53(59)46-44-42-40-38-36-34-32-30-28-26-24-22-20-18-16-14-12-10-8-6-4-2/h5,7,11,13,17,19,22-25,29,31,35,37,51-52,54-58,60-61H,3-4,6,8-10,12,14-16,18,20-21,26-28,30,32-34,36,38-50H2,1-2H3,(H,62,63,64)/b7-5-,13-11-,19-17-,24-22-,25-23-,31-29-,37-35-. The molecule has 13 heteroatoms. The molecule has 1 aliphatic heterocycles. The van der Waals surface area contributed by atoms with E-state index in [0.717, 1.165) is 83.5 Å². The number of carbonyl (C=O) groups excluding carboxylic acids is 1. The minimum atomic E-state index is -5.08. The Morgan fingerprint density at radius 1 is 0.557 bits per heavy atom. The Bertz CT molecular complexity index is 1540. The molecular weight excluding hydrogens is 909 g/mol. The fourth-order valence-electron chi connectivity index (χ4n) is 7.91. The predicted molar refractivity (Wildman–Crippen MR) is 285 cm³/mol. The largest absolute Gasteiger partial charge is 0.457 e. The van der Waals surface area contributed by atoms with Crippen LogP contribution in [0.4, 0.5) is 0 Å². The zero-order valence-corrected chi connectivity index (χ0v) is 44.4. The van der Waals surface area contributed by atoms with Crippen molar-refractivity contribution in [1.82, 2.24) is 0 Å². The lowest BCUT2D eigenvalue weighted by molar-refractivity contribution is -0.301. The van der Waals surface area contributed by atoms with E-state index in [9.17, 15) is 33.1 Å². The Kier molecular flexibility index (Phi) is 44.1. The van der Waals surface area contributed by atoms with E-state index >= 15 is 0 Å². The van der Waals surface area contributed by atoms with E-state index in [1.54, 1.807) is 0 Å². The molecule has 0 bridgehead atoms. The van der Waals surface area contributed by atoms with Crippen LogP contribution in [0.15, 0.2) is 85.1 Å². The van der Waals surface area contributed by atoms with Gasteiger partial charge in [-0.05, 0) is 89.9 Å². The smallest absolute Gasteiger partial charge is 0.397 e. The molecule has 70 heavy (non-hydrogen) atoms. The predicted octanol–water partition coefficient (Wildman–Crippen LogP) is 13.2. The molecule has 0 aromatic rings. The van der Waals surface area contributed by atoms with Crippen molar-refractivity contribution in [3.05, 3.63) is 85.1 Å². The first-order valence-electron chi connectivity index (χ1n) is 27.3. The van der Waals surface area contributed by atoms with Gasteiger partial charge in [0.25, 0.3) is 0 Å². The van der Waals surface area contributed by atoms with Gasteiger partial charge in [-0.15, -0.1) is 0 Å². The number of carbonyl (C=O) groups is 1. The van der Waals surface area contributed by atoms with Crippen LogP contribution in [0, 0.1) is 0 Å². The zero-order valence-electron chi connectivity index (χ0n) is 43.6. The summed E-state index contributed by atoms with van der Waals surface area (Å²) >= 11 is 0. The van der Waals surface area contributed by atoms with Gasteiger partial charge in [-0.2, -0.15) is 8.42 Å². The average Bonchev–Trinajstić information content (AvgIpc) is 3.34. The van der Waals surface area contributed by atoms with Crippen LogP contribution in [-0.2, 0) is 38.3 Å². The number of esters is 1. The number of rotatable bonds is 47. The molecule has 1 rings (SSSR count). The molecule has 6 unspecified atom stereocenters. The van der Waals surface area contributed by atoms with Crippen molar-refractivity contribution in [2.75, 3.05) is 26.4 Å². The molecular formula is C57H98O12S. The molecule has 0 radical (unpaired) electrons. The molecule has 404 valence electrons. The molecule has 4 N–H and O–H groups in total. The van der Waals surface area contributed by atoms with E-state index in [1.807, 2.05) is 0 Å². The number of unbranched alkanes of at least 4 members (excludes halogenated alkanes) is 20. The summed E-state index contributed by atoms with van der Waals surface area (Å²) < 4.78 is 59.3. The maximum atomic E-state index is 12.9. The summed E-state index contributed by atoms with van der Waals surface area (Å²) in [6.45, 7) is 3.80. The lowest BCUT2D eigenvalue weighted by Gasteiger charge is -2.41. The van der Waals surface area contributed by atoms with Crippen molar-refractivity contribution < 1.29 is 56.2 Å². The summed E-state index contributed by atoms with van der Waals surface area (Å²) in [4.78, 5) is 12.9. The lowest BCUT2D eigenvalue weighted by Crippen LogP contribution is -2.60. The van der Waals surface area contributed by atoms with Gasteiger partial charge in [-0.3, -0.25) is 9.35 Å². The van der Waals surface area contributed by atoms with Crippen LogP contribution in [0.3, 0.4) is 0 Å². The second-order valence-electron chi connectivity index (χ2n) is 18.4. The second-order valence-corrected chi connectivity index (χ2v) is 19.5. The Morgan fingerprint density at radius 3 is 1.46 bits per heavy atom. The van der Waals surface area contributed by atoms with Gasteiger partial charge < -0.3 is 34.3 Å². The van der Waals surface area contributed by atoms with Crippen LogP contribution in [0.5, 0.6) is 0 Å². The summed E-state index contributed by atoms with van der Waals surface area (Å²) in [5.74, 6) is -0.415. The number of aliphatic hydroxyl groups is 3. The van der Waals surface area contributed by atoms with Gasteiger partial charge in [-0.1, -0.05) is 195 Å². The van der Waals surface area contributed by atoms with E-state index in [0.29, 0.717) is 13.0 Å². The van der Waals surface area contributed by atoms with Gasteiger partial charge in [0.2, 0.25) is 0 Å². The molecule has 0 aromatic carbocycles. The topological polar surface area (TPSA) is 178 Å². The van der Waals surface area contributed by atoms with Gasteiger partial charge in [0, 0.05) is 13.0 Å². The number of hydrogen-bond acceptors (Lipinski definition) is 11. The summed E-state index contributed by atoms with van der Waals surface area (Å²) in [6.07, 6.45) is 54.7. The van der Waals surface area contributed by atoms with Gasteiger partial charge in [0.15, 0.2) is 6.29 Å². The first-order valence-corrected chi connectivity index (χ1v) is 28.7. The average molecular weight is 1010 g/mol. The minimum absolute atomic E-state index is 0.00824. The molecule has 0 saturated carbocycles. The van der Waals surface area contributed by atoms with E-state index < -0.39 is 59.8 Å².